The van der Waals surface area contributed by atoms with Crippen LogP contribution in [0, 0.1) is 0 Å². The molecule has 0 aliphatic heterocycles. The van der Waals surface area contributed by atoms with Crippen molar-refractivity contribution in [2.24, 2.45) is 0 Å². The molecular formula is C26H24ClN3O2. The lowest BCUT2D eigenvalue weighted by Crippen LogP contribution is -2.38. The summed E-state index contributed by atoms with van der Waals surface area (Å²) in [6.07, 6.45) is 3.28. The lowest BCUT2D eigenvalue weighted by atomic mass is 10.1. The van der Waals surface area contributed by atoms with Crippen LogP contribution >= 0.6 is 11.6 Å². The number of halogens is 1. The van der Waals surface area contributed by atoms with Crippen LogP contribution in [-0.2, 0) is 13.0 Å². The third kappa shape index (κ3) is 5.06. The number of amides is 1. The van der Waals surface area contributed by atoms with Gasteiger partial charge in [-0.15, -0.1) is 0 Å². The van der Waals surface area contributed by atoms with Gasteiger partial charge in [0.05, 0.1) is 6.54 Å². The van der Waals surface area contributed by atoms with Gasteiger partial charge in [-0.25, -0.2) is 4.98 Å². The molecule has 4 rings (SSSR count). The summed E-state index contributed by atoms with van der Waals surface area (Å²) in [5.74, 6) is -0.369. The summed E-state index contributed by atoms with van der Waals surface area (Å²) in [6, 6.07) is 22.6. The Morgan fingerprint density at radius 2 is 1.78 bits per heavy atom. The molecule has 2 heterocycles. The molecule has 1 N–H and O–H groups in total. The number of pyridine rings is 2. The Kier molecular flexibility index (Phi) is 6.66. The molecule has 1 amide bonds. The maximum atomic E-state index is 13.3. The number of nitrogens with one attached hydrogen (secondary N) is 1. The third-order valence-electron chi connectivity index (χ3n) is 5.43. The van der Waals surface area contributed by atoms with Crippen molar-refractivity contribution in [3.05, 3.63) is 111 Å². The zero-order valence-electron chi connectivity index (χ0n) is 17.8. The number of aromatic nitrogens is 2. The second-order valence-electron chi connectivity index (χ2n) is 7.89. The second-order valence-corrected chi connectivity index (χ2v) is 8.33. The number of carbonyl (C=O) groups excluding carboxylic acids is 1. The van der Waals surface area contributed by atoms with Crippen LogP contribution < -0.4 is 10.9 Å². The van der Waals surface area contributed by atoms with Crippen LogP contribution in [0.4, 0.5) is 0 Å². The molecule has 162 valence electrons. The molecule has 4 aromatic rings. The molecule has 6 heteroatoms. The monoisotopic (exact) mass is 445 g/mol. The highest BCUT2D eigenvalue weighted by Gasteiger charge is 2.18. The van der Waals surface area contributed by atoms with Crippen LogP contribution in [0.5, 0.6) is 0 Å². The predicted molar refractivity (Wildman–Crippen MR) is 128 cm³/mol. The van der Waals surface area contributed by atoms with Gasteiger partial charge >= 0.3 is 0 Å². The summed E-state index contributed by atoms with van der Waals surface area (Å²) in [5, 5.41) is 4.35. The smallest absolute Gasteiger partial charge is 0.265 e. The Morgan fingerprint density at radius 1 is 1.03 bits per heavy atom. The van der Waals surface area contributed by atoms with Crippen LogP contribution in [0.15, 0.2) is 83.8 Å². The van der Waals surface area contributed by atoms with E-state index in [4.69, 9.17) is 11.6 Å². The number of aryl methyl sites for hydroxylation is 1. The Morgan fingerprint density at radius 3 is 2.53 bits per heavy atom. The van der Waals surface area contributed by atoms with Gasteiger partial charge in [-0.1, -0.05) is 54.1 Å². The molecule has 1 atom stereocenters. The minimum absolute atomic E-state index is 0.0728. The number of nitrogens with zero attached hydrogens (tertiary/aromatic N) is 2. The molecule has 0 spiro atoms. The number of hydrogen-bond acceptors (Lipinski definition) is 3. The fourth-order valence-electron chi connectivity index (χ4n) is 3.69. The minimum atomic E-state index is -0.369. The number of hydrogen-bond donors (Lipinski definition) is 1. The van der Waals surface area contributed by atoms with E-state index < -0.39 is 0 Å². The van der Waals surface area contributed by atoms with Crippen LogP contribution in [0.1, 0.15) is 34.8 Å². The normalized spacial score (nSPS) is 11.9. The van der Waals surface area contributed by atoms with Crippen molar-refractivity contribution in [3.8, 4) is 0 Å². The number of benzene rings is 2. The van der Waals surface area contributed by atoms with Gasteiger partial charge in [0.15, 0.2) is 0 Å². The molecule has 0 fully saturated rings. The molecule has 0 aliphatic carbocycles. The molecule has 32 heavy (non-hydrogen) atoms. The first-order valence-corrected chi connectivity index (χ1v) is 11.0. The molecule has 0 radical (unpaired) electrons. The molecule has 0 unspecified atom stereocenters. The van der Waals surface area contributed by atoms with Crippen molar-refractivity contribution in [2.45, 2.75) is 32.4 Å². The summed E-state index contributed by atoms with van der Waals surface area (Å²) in [6.45, 7) is 2.25. The molecular weight excluding hydrogens is 422 g/mol. The first-order valence-electron chi connectivity index (χ1n) is 10.6. The number of rotatable bonds is 7. The maximum Gasteiger partial charge on any atom is 0.265 e. The number of carbonyl (C=O) groups is 1. The average Bonchev–Trinajstić information content (AvgIpc) is 2.81. The Balaban J connectivity index is 1.59. The summed E-state index contributed by atoms with van der Waals surface area (Å²) in [7, 11) is 0. The molecule has 2 aromatic carbocycles. The minimum Gasteiger partial charge on any atom is -0.349 e. The molecule has 0 bridgehead atoms. The van der Waals surface area contributed by atoms with Crippen molar-refractivity contribution in [3.63, 3.8) is 0 Å². The van der Waals surface area contributed by atoms with Crippen molar-refractivity contribution in [1.82, 2.24) is 14.9 Å². The van der Waals surface area contributed by atoms with Crippen LogP contribution in [0.3, 0.4) is 0 Å². The Hall–Kier alpha value is -3.44. The lowest BCUT2D eigenvalue weighted by Gasteiger charge is -2.16. The molecule has 2 aromatic heterocycles. The van der Waals surface area contributed by atoms with Gasteiger partial charge in [0, 0.05) is 22.6 Å². The van der Waals surface area contributed by atoms with E-state index in [9.17, 15) is 9.59 Å². The highest BCUT2D eigenvalue weighted by atomic mass is 35.5. The van der Waals surface area contributed by atoms with Crippen molar-refractivity contribution in [1.29, 1.82) is 0 Å². The van der Waals surface area contributed by atoms with Crippen molar-refractivity contribution >= 4 is 28.5 Å². The lowest BCUT2D eigenvalue weighted by molar-refractivity contribution is 0.0936. The summed E-state index contributed by atoms with van der Waals surface area (Å²) < 4.78 is 1.54. The zero-order chi connectivity index (χ0) is 22.5. The highest BCUT2D eigenvalue weighted by Crippen LogP contribution is 2.15. The van der Waals surface area contributed by atoms with Crippen LogP contribution in [0.25, 0.3) is 11.0 Å². The highest BCUT2D eigenvalue weighted by molar-refractivity contribution is 6.30. The molecule has 0 saturated heterocycles. The van der Waals surface area contributed by atoms with Crippen LogP contribution in [-0.4, -0.2) is 21.5 Å². The van der Waals surface area contributed by atoms with E-state index >= 15 is 0 Å². The van der Waals surface area contributed by atoms with Gasteiger partial charge in [0.25, 0.3) is 11.5 Å². The Labute approximate surface area is 191 Å². The molecule has 5 nitrogen and oxygen atoms in total. The van der Waals surface area contributed by atoms with Gasteiger partial charge in [-0.3, -0.25) is 14.2 Å². The summed E-state index contributed by atoms with van der Waals surface area (Å²) in [4.78, 5) is 30.7. The third-order valence-corrected chi connectivity index (χ3v) is 5.68. The van der Waals surface area contributed by atoms with Crippen molar-refractivity contribution in [2.75, 3.05) is 0 Å². The first-order chi connectivity index (χ1) is 15.5. The largest absolute Gasteiger partial charge is 0.349 e. The topological polar surface area (TPSA) is 64.0 Å². The van der Waals surface area contributed by atoms with E-state index in [1.54, 1.807) is 35.0 Å². The summed E-state index contributed by atoms with van der Waals surface area (Å²) >= 11 is 5.99. The SMILES string of the molecule is C[C@H](CCc1ccccc1)NC(=O)c1cc2cccnc2n(Cc2ccc(Cl)cc2)c1=O. The van der Waals surface area contributed by atoms with Crippen LogP contribution in [0.2, 0.25) is 5.02 Å². The van der Waals surface area contributed by atoms with E-state index in [1.165, 1.54) is 5.56 Å². The fraction of sp³-hybridized carbons (Fsp3) is 0.192. The molecule has 0 saturated carbocycles. The van der Waals surface area contributed by atoms with E-state index in [0.717, 1.165) is 23.8 Å². The average molecular weight is 446 g/mol. The summed E-state index contributed by atoms with van der Waals surface area (Å²) in [5.41, 5.74) is 2.42. The van der Waals surface area contributed by atoms with Crippen molar-refractivity contribution < 1.29 is 4.79 Å². The van der Waals surface area contributed by atoms with E-state index in [0.29, 0.717) is 17.2 Å². The second kappa shape index (κ2) is 9.79. The van der Waals surface area contributed by atoms with Gasteiger partial charge in [0.1, 0.15) is 11.2 Å². The maximum absolute atomic E-state index is 13.3. The predicted octanol–water partition coefficient (Wildman–Crippen LogP) is 4.85. The van der Waals surface area contributed by atoms with Gasteiger partial charge < -0.3 is 5.32 Å². The Bertz CT molecular complexity index is 1280. The van der Waals surface area contributed by atoms with E-state index in [2.05, 4.69) is 22.4 Å². The van der Waals surface area contributed by atoms with Gasteiger partial charge in [0.2, 0.25) is 0 Å². The number of fused-ring (bicyclic) bond motifs is 1. The van der Waals surface area contributed by atoms with E-state index in [-0.39, 0.29) is 23.1 Å². The first kappa shape index (κ1) is 21.8. The van der Waals surface area contributed by atoms with Gasteiger partial charge in [-0.2, -0.15) is 0 Å². The standard InChI is InChI=1S/C26H24ClN3O2/c1-18(9-10-19-6-3-2-4-7-19)29-25(31)23-16-21-8-5-15-28-24(21)30(26(23)32)17-20-11-13-22(27)14-12-20/h2-8,11-16,18H,9-10,17H2,1H3,(H,29,31)/t18-/m1/s1. The fourth-order valence-corrected chi connectivity index (χ4v) is 3.82. The van der Waals surface area contributed by atoms with E-state index in [1.807, 2.05) is 43.3 Å². The zero-order valence-corrected chi connectivity index (χ0v) is 18.5. The molecule has 0 aliphatic rings. The van der Waals surface area contributed by atoms with Gasteiger partial charge in [-0.05, 0) is 61.2 Å². The quantitative estimate of drug-likeness (QED) is 0.442.